The van der Waals surface area contributed by atoms with E-state index in [1.54, 1.807) is 26.5 Å². The standard InChI is InChI=1S/C19H17N5O4/c1-27-15-7-13-14(8-16(15)28-2)24-17(10-20-13)22-23-18(24)12-5-3-11(4-6-12)9-21-19(25)26/h3-8,10,21H,9H2,1-2H3,(H,25,26). The average molecular weight is 379 g/mol. The molecule has 0 spiro atoms. The number of carbonyl (C=O) groups is 1. The van der Waals surface area contributed by atoms with Crippen molar-refractivity contribution in [2.75, 3.05) is 14.2 Å². The third-order valence-electron chi connectivity index (χ3n) is 4.38. The highest BCUT2D eigenvalue weighted by Gasteiger charge is 2.15. The smallest absolute Gasteiger partial charge is 0.404 e. The quantitative estimate of drug-likeness (QED) is 0.548. The molecule has 0 aliphatic carbocycles. The van der Waals surface area contributed by atoms with E-state index >= 15 is 0 Å². The summed E-state index contributed by atoms with van der Waals surface area (Å²) < 4.78 is 12.7. The SMILES string of the molecule is COc1cc2ncc3nnc(-c4ccc(CNC(=O)O)cc4)n3c2cc1OC. The van der Waals surface area contributed by atoms with Gasteiger partial charge in [-0.15, -0.1) is 10.2 Å². The zero-order chi connectivity index (χ0) is 19.7. The van der Waals surface area contributed by atoms with E-state index in [4.69, 9.17) is 14.6 Å². The van der Waals surface area contributed by atoms with Crippen LogP contribution in [0.1, 0.15) is 5.56 Å². The summed E-state index contributed by atoms with van der Waals surface area (Å²) in [4.78, 5) is 15.1. The number of fused-ring (bicyclic) bond motifs is 3. The molecule has 9 nitrogen and oxygen atoms in total. The van der Waals surface area contributed by atoms with Gasteiger partial charge in [0.15, 0.2) is 23.0 Å². The van der Waals surface area contributed by atoms with Gasteiger partial charge >= 0.3 is 6.09 Å². The van der Waals surface area contributed by atoms with E-state index in [0.29, 0.717) is 28.5 Å². The van der Waals surface area contributed by atoms with E-state index in [1.165, 1.54) is 0 Å². The van der Waals surface area contributed by atoms with Crippen LogP contribution in [0.15, 0.2) is 42.6 Å². The molecule has 2 heterocycles. The molecule has 0 aliphatic rings. The van der Waals surface area contributed by atoms with Crippen molar-refractivity contribution < 1.29 is 19.4 Å². The fraction of sp³-hybridized carbons (Fsp3) is 0.158. The Morgan fingerprint density at radius 1 is 1.11 bits per heavy atom. The molecule has 142 valence electrons. The maximum Gasteiger partial charge on any atom is 0.404 e. The number of ether oxygens (including phenoxy) is 2. The van der Waals surface area contributed by atoms with Crippen molar-refractivity contribution in [2.24, 2.45) is 0 Å². The zero-order valence-electron chi connectivity index (χ0n) is 15.2. The lowest BCUT2D eigenvalue weighted by atomic mass is 10.1. The van der Waals surface area contributed by atoms with Gasteiger partial charge < -0.3 is 19.9 Å². The van der Waals surface area contributed by atoms with Crippen LogP contribution in [0.5, 0.6) is 11.5 Å². The fourth-order valence-corrected chi connectivity index (χ4v) is 3.02. The third kappa shape index (κ3) is 3.02. The summed E-state index contributed by atoms with van der Waals surface area (Å²) in [6.45, 7) is 0.236. The van der Waals surface area contributed by atoms with Crippen LogP contribution in [0.2, 0.25) is 0 Å². The first-order chi connectivity index (χ1) is 13.6. The Kier molecular flexibility index (Phi) is 4.40. The van der Waals surface area contributed by atoms with Crippen LogP contribution in [0, 0.1) is 0 Å². The number of aromatic nitrogens is 4. The van der Waals surface area contributed by atoms with Gasteiger partial charge in [0.25, 0.3) is 0 Å². The molecule has 0 bridgehead atoms. The van der Waals surface area contributed by atoms with Crippen molar-refractivity contribution in [3.63, 3.8) is 0 Å². The van der Waals surface area contributed by atoms with Crippen LogP contribution >= 0.6 is 0 Å². The largest absolute Gasteiger partial charge is 0.493 e. The first-order valence-electron chi connectivity index (χ1n) is 8.42. The van der Waals surface area contributed by atoms with Crippen LogP contribution in [0.3, 0.4) is 0 Å². The molecule has 0 atom stereocenters. The monoisotopic (exact) mass is 379 g/mol. The summed E-state index contributed by atoms with van der Waals surface area (Å²) in [6.07, 6.45) is 0.589. The molecule has 28 heavy (non-hydrogen) atoms. The minimum Gasteiger partial charge on any atom is -0.493 e. The topological polar surface area (TPSA) is 111 Å². The summed E-state index contributed by atoms with van der Waals surface area (Å²) in [7, 11) is 3.15. The lowest BCUT2D eigenvalue weighted by Gasteiger charge is -2.10. The fourth-order valence-electron chi connectivity index (χ4n) is 3.02. The van der Waals surface area contributed by atoms with E-state index in [2.05, 4.69) is 20.5 Å². The predicted octanol–water partition coefficient (Wildman–Crippen LogP) is 2.73. The van der Waals surface area contributed by atoms with Crippen molar-refractivity contribution in [3.05, 3.63) is 48.2 Å². The van der Waals surface area contributed by atoms with E-state index in [1.807, 2.05) is 34.7 Å². The molecular weight excluding hydrogens is 362 g/mol. The summed E-state index contributed by atoms with van der Waals surface area (Å²) in [6, 6.07) is 11.1. The van der Waals surface area contributed by atoms with Crippen LogP contribution in [-0.2, 0) is 6.54 Å². The molecule has 4 rings (SSSR count). The molecule has 2 aromatic heterocycles. The molecule has 2 aromatic carbocycles. The van der Waals surface area contributed by atoms with Crippen molar-refractivity contribution in [3.8, 4) is 22.9 Å². The number of rotatable bonds is 5. The van der Waals surface area contributed by atoms with E-state index in [0.717, 1.165) is 16.6 Å². The molecule has 0 aliphatic heterocycles. The van der Waals surface area contributed by atoms with Gasteiger partial charge in [-0.1, -0.05) is 24.3 Å². The van der Waals surface area contributed by atoms with Gasteiger partial charge in [-0.25, -0.2) is 4.79 Å². The van der Waals surface area contributed by atoms with Crippen LogP contribution in [0.25, 0.3) is 28.1 Å². The number of methoxy groups -OCH3 is 2. The van der Waals surface area contributed by atoms with Gasteiger partial charge in [0, 0.05) is 24.2 Å². The highest BCUT2D eigenvalue weighted by atomic mass is 16.5. The second-order valence-corrected chi connectivity index (χ2v) is 6.03. The minimum atomic E-state index is -1.06. The van der Waals surface area contributed by atoms with Crippen molar-refractivity contribution in [1.29, 1.82) is 0 Å². The molecule has 4 aromatic rings. The van der Waals surface area contributed by atoms with Crippen LogP contribution in [-0.4, -0.2) is 45.0 Å². The van der Waals surface area contributed by atoms with E-state index in [-0.39, 0.29) is 6.54 Å². The Labute approximate surface area is 159 Å². The first kappa shape index (κ1) is 17.5. The number of hydrogen-bond donors (Lipinski definition) is 2. The third-order valence-corrected chi connectivity index (χ3v) is 4.38. The number of amides is 1. The first-order valence-corrected chi connectivity index (χ1v) is 8.42. The van der Waals surface area contributed by atoms with Crippen molar-refractivity contribution in [1.82, 2.24) is 24.9 Å². The number of carboxylic acid groups (broad SMARTS) is 1. The van der Waals surface area contributed by atoms with E-state index in [9.17, 15) is 4.79 Å². The van der Waals surface area contributed by atoms with Gasteiger partial charge in [0.2, 0.25) is 0 Å². The highest BCUT2D eigenvalue weighted by molar-refractivity contribution is 5.83. The number of nitrogens with one attached hydrogen (secondary N) is 1. The molecule has 9 heteroatoms. The van der Waals surface area contributed by atoms with Gasteiger partial charge in [0.1, 0.15) is 0 Å². The molecule has 0 saturated heterocycles. The maximum absolute atomic E-state index is 10.6. The van der Waals surface area contributed by atoms with Crippen LogP contribution < -0.4 is 14.8 Å². The molecule has 0 saturated carbocycles. The average Bonchev–Trinajstić information content (AvgIpc) is 3.16. The Morgan fingerprint density at radius 3 is 2.50 bits per heavy atom. The normalized spacial score (nSPS) is 10.9. The van der Waals surface area contributed by atoms with Gasteiger partial charge in [-0.2, -0.15) is 0 Å². The minimum absolute atomic E-state index is 0.236. The summed E-state index contributed by atoms with van der Waals surface area (Å²) in [5.41, 5.74) is 3.79. The second-order valence-electron chi connectivity index (χ2n) is 6.03. The van der Waals surface area contributed by atoms with Gasteiger partial charge in [0.05, 0.1) is 31.4 Å². The molecule has 0 radical (unpaired) electrons. The van der Waals surface area contributed by atoms with E-state index < -0.39 is 6.09 Å². The summed E-state index contributed by atoms with van der Waals surface area (Å²) in [5, 5.41) is 19.6. The molecule has 0 unspecified atom stereocenters. The Morgan fingerprint density at radius 2 is 1.82 bits per heavy atom. The van der Waals surface area contributed by atoms with Crippen LogP contribution in [0.4, 0.5) is 4.79 Å². The number of nitrogens with zero attached hydrogens (tertiary/aromatic N) is 4. The van der Waals surface area contributed by atoms with Gasteiger partial charge in [-0.3, -0.25) is 9.38 Å². The summed E-state index contributed by atoms with van der Waals surface area (Å²) >= 11 is 0. The van der Waals surface area contributed by atoms with Gasteiger partial charge in [-0.05, 0) is 5.56 Å². The molecule has 0 fully saturated rings. The molecular formula is C19H17N5O4. The predicted molar refractivity (Wildman–Crippen MR) is 102 cm³/mol. The summed E-state index contributed by atoms with van der Waals surface area (Å²) in [5.74, 6) is 1.82. The Balaban J connectivity index is 1.83. The molecule has 1 amide bonds. The molecule has 2 N–H and O–H groups in total. The highest BCUT2D eigenvalue weighted by Crippen LogP contribution is 2.32. The van der Waals surface area contributed by atoms with Crippen molar-refractivity contribution in [2.45, 2.75) is 6.54 Å². The Hall–Kier alpha value is -3.88. The zero-order valence-corrected chi connectivity index (χ0v) is 15.2. The lowest BCUT2D eigenvalue weighted by Crippen LogP contribution is -2.19. The Bertz CT molecular complexity index is 1170. The second kappa shape index (κ2) is 7.03. The lowest BCUT2D eigenvalue weighted by molar-refractivity contribution is 0.194. The number of hydrogen-bond acceptors (Lipinski definition) is 6. The van der Waals surface area contributed by atoms with Crippen molar-refractivity contribution >= 4 is 22.8 Å². The number of benzene rings is 2. The maximum atomic E-state index is 10.6.